The standard InChI is InChI=1S/C28H53NO4/c1-6-7-8-9-10-11-12-13-14-15-16-17-18-19-20-21-23-28(26(30)32-4,27(31)33-5)24-22-25-29(2)3/h13-14H,6-12,15-25H2,1-5H3/b14-13-. The maximum absolute atomic E-state index is 12.6. The van der Waals surface area contributed by atoms with Crippen LogP contribution in [0.4, 0.5) is 0 Å². The highest BCUT2D eigenvalue weighted by Gasteiger charge is 2.47. The Morgan fingerprint density at radius 2 is 1.09 bits per heavy atom. The van der Waals surface area contributed by atoms with Gasteiger partial charge in [0.15, 0.2) is 5.41 Å². The predicted octanol–water partition coefficient (Wildman–Crippen LogP) is 7.09. The van der Waals surface area contributed by atoms with Crippen LogP contribution in [-0.2, 0) is 19.1 Å². The number of rotatable bonds is 22. The van der Waals surface area contributed by atoms with E-state index < -0.39 is 17.4 Å². The van der Waals surface area contributed by atoms with E-state index in [9.17, 15) is 9.59 Å². The fourth-order valence-corrected chi connectivity index (χ4v) is 4.38. The average molecular weight is 468 g/mol. The summed E-state index contributed by atoms with van der Waals surface area (Å²) in [5.74, 6) is -0.915. The minimum absolute atomic E-state index is 0.458. The Balaban J connectivity index is 4.08. The van der Waals surface area contributed by atoms with Crippen LogP contribution in [0.3, 0.4) is 0 Å². The smallest absolute Gasteiger partial charge is 0.323 e. The zero-order valence-corrected chi connectivity index (χ0v) is 22.5. The largest absolute Gasteiger partial charge is 0.468 e. The minimum atomic E-state index is -1.17. The number of allylic oxidation sites excluding steroid dienone is 2. The van der Waals surface area contributed by atoms with Crippen LogP contribution in [0.25, 0.3) is 0 Å². The van der Waals surface area contributed by atoms with Crippen molar-refractivity contribution in [3.05, 3.63) is 12.2 Å². The molecule has 0 atom stereocenters. The quantitative estimate of drug-likeness (QED) is 0.0736. The number of carbonyl (C=O) groups is 2. The Kier molecular flexibility index (Phi) is 20.3. The van der Waals surface area contributed by atoms with Gasteiger partial charge >= 0.3 is 11.9 Å². The third-order valence-corrected chi connectivity index (χ3v) is 6.48. The van der Waals surface area contributed by atoms with Crippen molar-refractivity contribution < 1.29 is 19.1 Å². The van der Waals surface area contributed by atoms with E-state index in [4.69, 9.17) is 9.47 Å². The molecule has 0 saturated carbocycles. The van der Waals surface area contributed by atoms with Gasteiger partial charge < -0.3 is 14.4 Å². The fraction of sp³-hybridized carbons (Fsp3) is 0.857. The van der Waals surface area contributed by atoms with Crippen molar-refractivity contribution >= 4 is 11.9 Å². The summed E-state index contributed by atoms with van der Waals surface area (Å²) in [5.41, 5.74) is -1.17. The van der Waals surface area contributed by atoms with Gasteiger partial charge in [0, 0.05) is 0 Å². The van der Waals surface area contributed by atoms with Gasteiger partial charge in [-0.1, -0.05) is 83.3 Å². The predicted molar refractivity (Wildman–Crippen MR) is 138 cm³/mol. The lowest BCUT2D eigenvalue weighted by Crippen LogP contribution is -2.41. The molecule has 0 spiro atoms. The number of unbranched alkanes of at least 4 members (excludes halogenated alkanes) is 12. The van der Waals surface area contributed by atoms with E-state index >= 15 is 0 Å². The second-order valence-electron chi connectivity index (χ2n) is 9.66. The Labute approximate surface area is 204 Å². The van der Waals surface area contributed by atoms with Crippen LogP contribution in [0, 0.1) is 5.41 Å². The molecule has 0 unspecified atom stereocenters. The molecule has 194 valence electrons. The lowest BCUT2D eigenvalue weighted by Gasteiger charge is -2.28. The number of hydrogen-bond donors (Lipinski definition) is 0. The molecule has 0 saturated heterocycles. The second-order valence-corrected chi connectivity index (χ2v) is 9.66. The SMILES string of the molecule is CCCCCCCC/C=C\CCCCCCCCC(CCCN(C)C)(C(=O)OC)C(=O)OC. The summed E-state index contributed by atoms with van der Waals surface area (Å²) in [4.78, 5) is 27.2. The Morgan fingerprint density at radius 1 is 0.667 bits per heavy atom. The average Bonchev–Trinajstić information content (AvgIpc) is 2.81. The summed E-state index contributed by atoms with van der Waals surface area (Å²) in [6.45, 7) is 3.08. The number of nitrogens with zero attached hydrogens (tertiary/aromatic N) is 1. The van der Waals surface area contributed by atoms with Crippen LogP contribution in [0.15, 0.2) is 12.2 Å². The van der Waals surface area contributed by atoms with Crippen molar-refractivity contribution in [2.24, 2.45) is 5.41 Å². The summed E-state index contributed by atoms with van der Waals surface area (Å²) in [6.07, 6.45) is 23.7. The summed E-state index contributed by atoms with van der Waals surface area (Å²) in [6, 6.07) is 0. The van der Waals surface area contributed by atoms with Gasteiger partial charge in [-0.15, -0.1) is 0 Å². The van der Waals surface area contributed by atoms with Gasteiger partial charge in [0.2, 0.25) is 0 Å². The molecular weight excluding hydrogens is 414 g/mol. The molecule has 0 bridgehead atoms. The van der Waals surface area contributed by atoms with Crippen LogP contribution < -0.4 is 0 Å². The van der Waals surface area contributed by atoms with E-state index in [2.05, 4.69) is 24.0 Å². The summed E-state index contributed by atoms with van der Waals surface area (Å²) >= 11 is 0. The van der Waals surface area contributed by atoms with E-state index in [0.29, 0.717) is 12.8 Å². The first-order chi connectivity index (χ1) is 15.9. The molecule has 0 fully saturated rings. The lowest BCUT2D eigenvalue weighted by molar-refractivity contribution is -0.170. The molecule has 5 nitrogen and oxygen atoms in total. The van der Waals surface area contributed by atoms with Crippen LogP contribution in [0.5, 0.6) is 0 Å². The van der Waals surface area contributed by atoms with Crippen molar-refractivity contribution in [1.82, 2.24) is 4.90 Å². The van der Waals surface area contributed by atoms with Crippen molar-refractivity contribution in [2.75, 3.05) is 34.9 Å². The molecule has 0 aliphatic rings. The zero-order chi connectivity index (χ0) is 24.8. The monoisotopic (exact) mass is 467 g/mol. The first kappa shape index (κ1) is 31.6. The van der Waals surface area contributed by atoms with Crippen LogP contribution in [-0.4, -0.2) is 51.7 Å². The molecule has 0 rings (SSSR count). The highest BCUT2D eigenvalue weighted by atomic mass is 16.5. The van der Waals surface area contributed by atoms with Gasteiger partial charge in [-0.05, 0) is 65.6 Å². The maximum Gasteiger partial charge on any atom is 0.323 e. The van der Waals surface area contributed by atoms with E-state index in [-0.39, 0.29) is 0 Å². The van der Waals surface area contributed by atoms with Gasteiger partial charge in [-0.25, -0.2) is 0 Å². The van der Waals surface area contributed by atoms with Crippen molar-refractivity contribution in [3.63, 3.8) is 0 Å². The van der Waals surface area contributed by atoms with Crippen LogP contribution >= 0.6 is 0 Å². The molecule has 0 aromatic rings. The molecule has 33 heavy (non-hydrogen) atoms. The first-order valence-corrected chi connectivity index (χ1v) is 13.4. The molecular formula is C28H53NO4. The van der Waals surface area contributed by atoms with Gasteiger partial charge in [0.1, 0.15) is 0 Å². The van der Waals surface area contributed by atoms with E-state index in [0.717, 1.165) is 32.2 Å². The van der Waals surface area contributed by atoms with Crippen molar-refractivity contribution in [2.45, 2.75) is 116 Å². The normalized spacial score (nSPS) is 11.9. The van der Waals surface area contributed by atoms with Crippen LogP contribution in [0.1, 0.15) is 116 Å². The van der Waals surface area contributed by atoms with Gasteiger partial charge in [-0.3, -0.25) is 9.59 Å². The zero-order valence-electron chi connectivity index (χ0n) is 22.5. The van der Waals surface area contributed by atoms with Gasteiger partial charge in [0.05, 0.1) is 14.2 Å². The Hall–Kier alpha value is -1.36. The summed E-state index contributed by atoms with van der Waals surface area (Å²) < 4.78 is 10.0. The van der Waals surface area contributed by atoms with E-state index in [1.807, 2.05) is 14.1 Å². The van der Waals surface area contributed by atoms with Gasteiger partial charge in [-0.2, -0.15) is 0 Å². The third-order valence-electron chi connectivity index (χ3n) is 6.48. The highest BCUT2D eigenvalue weighted by Crippen LogP contribution is 2.34. The van der Waals surface area contributed by atoms with E-state index in [1.54, 1.807) is 0 Å². The lowest BCUT2D eigenvalue weighted by atomic mass is 9.78. The molecule has 5 heteroatoms. The fourth-order valence-electron chi connectivity index (χ4n) is 4.38. The molecule has 0 amide bonds. The Morgan fingerprint density at radius 3 is 1.55 bits per heavy atom. The summed E-state index contributed by atoms with van der Waals surface area (Å²) in [5, 5.41) is 0. The van der Waals surface area contributed by atoms with Crippen molar-refractivity contribution in [1.29, 1.82) is 0 Å². The first-order valence-electron chi connectivity index (χ1n) is 13.4. The third kappa shape index (κ3) is 15.2. The number of carbonyl (C=O) groups excluding carboxylic acids is 2. The van der Waals surface area contributed by atoms with Crippen molar-refractivity contribution in [3.8, 4) is 0 Å². The second kappa shape index (κ2) is 21.2. The van der Waals surface area contributed by atoms with Gasteiger partial charge in [0.25, 0.3) is 0 Å². The topological polar surface area (TPSA) is 55.8 Å². The number of ether oxygens (including phenoxy) is 2. The molecule has 0 heterocycles. The number of hydrogen-bond acceptors (Lipinski definition) is 5. The molecule has 0 aromatic carbocycles. The Bertz CT molecular complexity index is 500. The maximum atomic E-state index is 12.6. The molecule has 0 aromatic heterocycles. The highest BCUT2D eigenvalue weighted by molar-refractivity contribution is 5.99. The molecule has 0 N–H and O–H groups in total. The summed E-state index contributed by atoms with van der Waals surface area (Å²) in [7, 11) is 6.69. The van der Waals surface area contributed by atoms with Crippen LogP contribution in [0.2, 0.25) is 0 Å². The number of esters is 2. The number of methoxy groups -OCH3 is 2. The molecule has 0 aliphatic heterocycles. The minimum Gasteiger partial charge on any atom is -0.468 e. The van der Waals surface area contributed by atoms with E-state index in [1.165, 1.54) is 84.8 Å². The molecule has 0 radical (unpaired) electrons. The molecule has 0 aliphatic carbocycles.